The molecule has 0 aromatic heterocycles. The van der Waals surface area contributed by atoms with Gasteiger partial charge in [0.25, 0.3) is 0 Å². The van der Waals surface area contributed by atoms with Gasteiger partial charge in [-0.25, -0.2) is 0 Å². The number of hydrogen-bond donors (Lipinski definition) is 2. The molecule has 0 aliphatic heterocycles. The fourth-order valence-corrected chi connectivity index (χ4v) is 2.88. The summed E-state index contributed by atoms with van der Waals surface area (Å²) in [6.07, 6.45) is 7.45. The predicted molar refractivity (Wildman–Crippen MR) is 100 cm³/mol. The average Bonchev–Trinajstić information content (AvgIpc) is 2.60. The van der Waals surface area contributed by atoms with E-state index in [9.17, 15) is 4.79 Å². The first-order valence-electron chi connectivity index (χ1n) is 8.89. The number of nitrogens with one attached hydrogen (secondary N) is 1. The van der Waals surface area contributed by atoms with Gasteiger partial charge < -0.3 is 15.8 Å². The van der Waals surface area contributed by atoms with Crippen molar-refractivity contribution in [3.63, 3.8) is 0 Å². The normalized spacial score (nSPS) is 17.5. The molecule has 1 aromatic rings. The minimum absolute atomic E-state index is 0. The Bertz CT molecular complexity index is 487. The van der Waals surface area contributed by atoms with Crippen LogP contribution in [0.4, 0.5) is 0 Å². The monoisotopic (exact) mass is 354 g/mol. The van der Waals surface area contributed by atoms with E-state index in [4.69, 9.17) is 10.5 Å². The summed E-state index contributed by atoms with van der Waals surface area (Å²) in [6, 6.07) is 7.56. The van der Waals surface area contributed by atoms with Crippen LogP contribution in [0, 0.1) is 5.92 Å². The number of rotatable bonds is 7. The Hall–Kier alpha value is -1.26. The third-order valence-electron chi connectivity index (χ3n) is 4.80. The fraction of sp³-hybridized carbons (Fsp3) is 0.632. The van der Waals surface area contributed by atoms with Crippen molar-refractivity contribution >= 4 is 18.3 Å². The Labute approximate surface area is 151 Å². The van der Waals surface area contributed by atoms with Crippen molar-refractivity contribution in [2.45, 2.75) is 71.1 Å². The molecule has 136 valence electrons. The minimum Gasteiger partial charge on any atom is -0.490 e. The SMILES string of the molecule is CCC(C)C(N)C(=O)NCc1ccc(OC2CCCCC2)cc1.Cl. The van der Waals surface area contributed by atoms with Gasteiger partial charge in [0.2, 0.25) is 5.91 Å². The molecule has 5 heteroatoms. The number of carbonyl (C=O) groups is 1. The van der Waals surface area contributed by atoms with Crippen LogP contribution in [0.3, 0.4) is 0 Å². The zero-order valence-electron chi connectivity index (χ0n) is 14.8. The molecule has 24 heavy (non-hydrogen) atoms. The van der Waals surface area contributed by atoms with E-state index in [0.29, 0.717) is 12.6 Å². The second kappa shape index (κ2) is 10.6. The Morgan fingerprint density at radius 3 is 2.46 bits per heavy atom. The first kappa shape index (κ1) is 20.8. The van der Waals surface area contributed by atoms with E-state index in [-0.39, 0.29) is 24.2 Å². The van der Waals surface area contributed by atoms with Gasteiger partial charge in [0, 0.05) is 6.54 Å². The third-order valence-corrected chi connectivity index (χ3v) is 4.80. The van der Waals surface area contributed by atoms with Gasteiger partial charge in [-0.3, -0.25) is 4.79 Å². The van der Waals surface area contributed by atoms with Crippen LogP contribution in [0.5, 0.6) is 5.75 Å². The first-order chi connectivity index (χ1) is 11.1. The van der Waals surface area contributed by atoms with Crippen LogP contribution in [0.25, 0.3) is 0 Å². The van der Waals surface area contributed by atoms with Crippen LogP contribution in [0.1, 0.15) is 57.9 Å². The van der Waals surface area contributed by atoms with Crippen molar-refractivity contribution in [3.8, 4) is 5.75 Å². The molecule has 0 bridgehead atoms. The highest BCUT2D eigenvalue weighted by Gasteiger charge is 2.19. The Balaban J connectivity index is 0.00000288. The van der Waals surface area contributed by atoms with E-state index in [2.05, 4.69) is 5.32 Å². The van der Waals surface area contributed by atoms with Gasteiger partial charge in [-0.15, -0.1) is 12.4 Å². The molecule has 1 amide bonds. The van der Waals surface area contributed by atoms with Gasteiger partial charge in [0.15, 0.2) is 0 Å². The molecule has 0 spiro atoms. The summed E-state index contributed by atoms with van der Waals surface area (Å²) in [5.41, 5.74) is 6.99. The zero-order chi connectivity index (χ0) is 16.7. The maximum absolute atomic E-state index is 12.0. The molecule has 2 atom stereocenters. The van der Waals surface area contributed by atoms with Gasteiger partial charge in [-0.05, 0) is 49.3 Å². The van der Waals surface area contributed by atoms with Crippen molar-refractivity contribution in [2.75, 3.05) is 0 Å². The fourth-order valence-electron chi connectivity index (χ4n) is 2.88. The summed E-state index contributed by atoms with van der Waals surface area (Å²) in [5, 5.41) is 2.91. The summed E-state index contributed by atoms with van der Waals surface area (Å²) >= 11 is 0. The number of hydrogen-bond acceptors (Lipinski definition) is 3. The maximum atomic E-state index is 12.0. The highest BCUT2D eigenvalue weighted by atomic mass is 35.5. The lowest BCUT2D eigenvalue weighted by Gasteiger charge is -2.23. The van der Waals surface area contributed by atoms with Gasteiger partial charge in [0.05, 0.1) is 12.1 Å². The van der Waals surface area contributed by atoms with E-state index in [1.165, 1.54) is 19.3 Å². The maximum Gasteiger partial charge on any atom is 0.237 e. The van der Waals surface area contributed by atoms with Crippen LogP contribution in [-0.2, 0) is 11.3 Å². The van der Waals surface area contributed by atoms with Crippen molar-refractivity contribution in [2.24, 2.45) is 11.7 Å². The van der Waals surface area contributed by atoms with Crippen LogP contribution in [0.15, 0.2) is 24.3 Å². The van der Waals surface area contributed by atoms with E-state index in [0.717, 1.165) is 30.6 Å². The molecule has 1 aliphatic carbocycles. The quantitative estimate of drug-likeness (QED) is 0.782. The largest absolute Gasteiger partial charge is 0.490 e. The lowest BCUT2D eigenvalue weighted by Crippen LogP contribution is -2.44. The average molecular weight is 355 g/mol. The summed E-state index contributed by atoms with van der Waals surface area (Å²) in [6.45, 7) is 4.55. The molecule has 0 saturated heterocycles. The van der Waals surface area contributed by atoms with E-state index in [1.807, 2.05) is 38.1 Å². The molecule has 1 fully saturated rings. The zero-order valence-corrected chi connectivity index (χ0v) is 15.6. The first-order valence-corrected chi connectivity index (χ1v) is 8.89. The third kappa shape index (κ3) is 6.33. The van der Waals surface area contributed by atoms with Crippen molar-refractivity contribution in [1.82, 2.24) is 5.32 Å². The van der Waals surface area contributed by atoms with Crippen LogP contribution in [-0.4, -0.2) is 18.1 Å². The number of benzene rings is 1. The predicted octanol–water partition coefficient (Wildman–Crippen LogP) is 3.81. The summed E-state index contributed by atoms with van der Waals surface area (Å²) in [5.74, 6) is 1.03. The molecule has 4 nitrogen and oxygen atoms in total. The molecule has 2 unspecified atom stereocenters. The Morgan fingerprint density at radius 1 is 1.25 bits per heavy atom. The molecule has 3 N–H and O–H groups in total. The number of ether oxygens (including phenoxy) is 1. The second-order valence-corrected chi connectivity index (χ2v) is 6.65. The summed E-state index contributed by atoms with van der Waals surface area (Å²) < 4.78 is 6.01. The van der Waals surface area contributed by atoms with Gasteiger partial charge >= 0.3 is 0 Å². The molecule has 1 aromatic carbocycles. The smallest absolute Gasteiger partial charge is 0.237 e. The second-order valence-electron chi connectivity index (χ2n) is 6.65. The molecular formula is C19H31ClN2O2. The standard InChI is InChI=1S/C19H30N2O2.ClH/c1-3-14(2)18(20)19(22)21-13-15-9-11-17(12-10-15)23-16-7-5-4-6-8-16;/h9-12,14,16,18H,3-8,13,20H2,1-2H3,(H,21,22);1H. The van der Waals surface area contributed by atoms with Gasteiger partial charge in [0.1, 0.15) is 5.75 Å². The lowest BCUT2D eigenvalue weighted by atomic mass is 9.98. The number of halogens is 1. The van der Waals surface area contributed by atoms with Gasteiger partial charge in [-0.2, -0.15) is 0 Å². The van der Waals surface area contributed by atoms with E-state index < -0.39 is 6.04 Å². The van der Waals surface area contributed by atoms with Crippen LogP contribution >= 0.6 is 12.4 Å². The van der Waals surface area contributed by atoms with Crippen LogP contribution < -0.4 is 15.8 Å². The summed E-state index contributed by atoms with van der Waals surface area (Å²) in [7, 11) is 0. The highest BCUT2D eigenvalue weighted by Crippen LogP contribution is 2.23. The molecular weight excluding hydrogens is 324 g/mol. The Kier molecular flexibility index (Phi) is 9.16. The van der Waals surface area contributed by atoms with E-state index >= 15 is 0 Å². The Morgan fingerprint density at radius 2 is 1.88 bits per heavy atom. The molecule has 1 saturated carbocycles. The number of carbonyl (C=O) groups excluding carboxylic acids is 1. The van der Waals surface area contributed by atoms with Crippen molar-refractivity contribution in [1.29, 1.82) is 0 Å². The molecule has 0 heterocycles. The van der Waals surface area contributed by atoms with Crippen molar-refractivity contribution < 1.29 is 9.53 Å². The molecule has 1 aliphatic rings. The molecule has 0 radical (unpaired) electrons. The molecule has 2 rings (SSSR count). The highest BCUT2D eigenvalue weighted by molar-refractivity contribution is 5.85. The number of amides is 1. The van der Waals surface area contributed by atoms with Gasteiger partial charge in [-0.1, -0.05) is 38.8 Å². The van der Waals surface area contributed by atoms with Crippen molar-refractivity contribution in [3.05, 3.63) is 29.8 Å². The minimum atomic E-state index is -0.436. The lowest BCUT2D eigenvalue weighted by molar-refractivity contribution is -0.123. The van der Waals surface area contributed by atoms with E-state index in [1.54, 1.807) is 0 Å². The van der Waals surface area contributed by atoms with Crippen LogP contribution in [0.2, 0.25) is 0 Å². The number of nitrogens with two attached hydrogens (primary N) is 1. The summed E-state index contributed by atoms with van der Waals surface area (Å²) in [4.78, 5) is 12.0. The topological polar surface area (TPSA) is 64.4 Å².